The summed E-state index contributed by atoms with van der Waals surface area (Å²) in [6.07, 6.45) is -4.16. The highest BCUT2D eigenvalue weighted by Gasteiger charge is 2.51. The highest BCUT2D eigenvalue weighted by molar-refractivity contribution is 6.31. The van der Waals surface area contributed by atoms with E-state index in [4.69, 9.17) is 18.9 Å². The Bertz CT molecular complexity index is 1820. The summed E-state index contributed by atoms with van der Waals surface area (Å²) < 4.78 is 23.6. The fraction of sp³-hybridized carbons (Fsp3) is 0.538. The van der Waals surface area contributed by atoms with Crippen LogP contribution in [0, 0.1) is 0 Å². The predicted octanol–water partition coefficient (Wildman–Crippen LogP) is 4.08. The van der Waals surface area contributed by atoms with Gasteiger partial charge in [-0.1, -0.05) is 32.9 Å². The zero-order valence-electron chi connectivity index (χ0n) is 30.6. The monoisotopic (exact) mass is 737 g/mol. The predicted molar refractivity (Wildman–Crippen MR) is 187 cm³/mol. The quantitative estimate of drug-likeness (QED) is 0.105. The Morgan fingerprint density at radius 2 is 1.62 bits per heavy atom. The van der Waals surface area contributed by atoms with Crippen molar-refractivity contribution < 1.29 is 63.0 Å². The summed E-state index contributed by atoms with van der Waals surface area (Å²) in [6.45, 7) is 7.06. The number of hydrogen-bond donors (Lipinski definition) is 4. The summed E-state index contributed by atoms with van der Waals surface area (Å²) >= 11 is 0. The Kier molecular flexibility index (Phi) is 12.0. The molecule has 6 atom stereocenters. The fourth-order valence-corrected chi connectivity index (χ4v) is 7.51. The number of phenolic OH excluding ortho intramolecular Hbond substituents is 2. The molecule has 53 heavy (non-hydrogen) atoms. The van der Waals surface area contributed by atoms with E-state index >= 15 is 0 Å². The number of carbonyl (C=O) groups is 6. The molecule has 4 N–H and O–H groups in total. The third-order valence-corrected chi connectivity index (χ3v) is 10.0. The maximum atomic E-state index is 14.0. The summed E-state index contributed by atoms with van der Waals surface area (Å²) in [7, 11) is 1.32. The molecule has 5 rings (SSSR count). The minimum Gasteiger partial charge on any atom is -0.507 e. The number of amides is 1. The van der Waals surface area contributed by atoms with E-state index in [2.05, 4.69) is 5.32 Å². The van der Waals surface area contributed by atoms with Crippen molar-refractivity contribution in [2.45, 2.75) is 128 Å². The van der Waals surface area contributed by atoms with Gasteiger partial charge in [0.05, 0.1) is 48.5 Å². The smallest absolute Gasteiger partial charge is 0.306 e. The Balaban J connectivity index is 1.60. The van der Waals surface area contributed by atoms with Crippen molar-refractivity contribution in [3.63, 3.8) is 0 Å². The molecule has 1 amide bonds. The lowest BCUT2D eigenvalue weighted by Crippen LogP contribution is -2.57. The Morgan fingerprint density at radius 1 is 0.943 bits per heavy atom. The molecule has 0 aromatic heterocycles. The molecule has 1 saturated heterocycles. The summed E-state index contributed by atoms with van der Waals surface area (Å²) in [5.41, 5.74) is -3.89. The normalized spacial score (nSPS) is 24.8. The van der Waals surface area contributed by atoms with Gasteiger partial charge in [0.15, 0.2) is 17.9 Å². The van der Waals surface area contributed by atoms with E-state index in [-0.39, 0.29) is 59.6 Å². The van der Waals surface area contributed by atoms with Gasteiger partial charge >= 0.3 is 5.97 Å². The van der Waals surface area contributed by atoms with Gasteiger partial charge in [-0.15, -0.1) is 0 Å². The maximum Gasteiger partial charge on any atom is 0.306 e. The average Bonchev–Trinajstić information content (AvgIpc) is 3.10. The number of fused-ring (bicyclic) bond motifs is 3. The zero-order valence-corrected chi connectivity index (χ0v) is 30.6. The van der Waals surface area contributed by atoms with Crippen LogP contribution >= 0.6 is 0 Å². The van der Waals surface area contributed by atoms with E-state index in [9.17, 15) is 44.1 Å². The molecule has 0 unspecified atom stereocenters. The third kappa shape index (κ3) is 7.71. The van der Waals surface area contributed by atoms with Gasteiger partial charge in [-0.25, -0.2) is 0 Å². The number of ketones is 4. The molecule has 0 radical (unpaired) electrons. The Labute approximate surface area is 307 Å². The topological polar surface area (TPSA) is 212 Å². The molecule has 3 aliphatic rings. The first kappa shape index (κ1) is 39.5. The van der Waals surface area contributed by atoms with Crippen molar-refractivity contribution in [1.29, 1.82) is 0 Å². The van der Waals surface area contributed by atoms with Crippen molar-refractivity contribution in [3.05, 3.63) is 51.6 Å². The molecular weight excluding hydrogens is 690 g/mol. The number of hydrogen-bond acceptors (Lipinski definition) is 13. The molecule has 0 bridgehead atoms. The average molecular weight is 738 g/mol. The van der Waals surface area contributed by atoms with Gasteiger partial charge in [0.2, 0.25) is 11.7 Å². The molecule has 1 heterocycles. The van der Waals surface area contributed by atoms with Crippen LogP contribution in [0.1, 0.15) is 135 Å². The molecule has 2 aromatic rings. The number of aromatic hydroxyl groups is 2. The molecule has 1 fully saturated rings. The molecule has 0 saturated carbocycles. The van der Waals surface area contributed by atoms with E-state index < -0.39 is 107 Å². The molecule has 2 aliphatic carbocycles. The molecule has 14 nitrogen and oxygen atoms in total. The van der Waals surface area contributed by atoms with Gasteiger partial charge in [0.1, 0.15) is 34.7 Å². The number of phenols is 2. The highest BCUT2D eigenvalue weighted by Crippen LogP contribution is 2.52. The number of aliphatic hydroxyl groups is 1. The van der Waals surface area contributed by atoms with Crippen molar-refractivity contribution in [1.82, 2.24) is 5.32 Å². The van der Waals surface area contributed by atoms with Gasteiger partial charge in [0, 0.05) is 55.2 Å². The van der Waals surface area contributed by atoms with E-state index in [1.807, 2.05) is 13.8 Å². The SMILES string of the molecule is CCCC(=O)CC(=O)[C@]1(O)Cc2c(O)c3c(c(O)c2[C@@H](O[C@@H]2C[C@H](NC(=O)CCC)[C@@H](OC(=O)CCC)[C@H](C)O2)C1)C(=O)c1c(OC)cccc1C3=O. The summed E-state index contributed by atoms with van der Waals surface area (Å²) in [5.74, 6) is -4.99. The molecule has 14 heteroatoms. The van der Waals surface area contributed by atoms with Crippen LogP contribution in [0.2, 0.25) is 0 Å². The van der Waals surface area contributed by atoms with Gasteiger partial charge in [-0.05, 0) is 32.3 Å². The first-order chi connectivity index (χ1) is 25.2. The van der Waals surface area contributed by atoms with E-state index in [1.54, 1.807) is 13.8 Å². The largest absolute Gasteiger partial charge is 0.507 e. The number of esters is 1. The molecule has 0 spiro atoms. The van der Waals surface area contributed by atoms with Crippen LogP contribution in [-0.4, -0.2) is 87.6 Å². The number of Topliss-reactive ketones (excluding diaryl/α,β-unsaturated/α-hetero) is 2. The minimum atomic E-state index is -2.31. The van der Waals surface area contributed by atoms with Crippen molar-refractivity contribution in [2.75, 3.05) is 7.11 Å². The zero-order chi connectivity index (χ0) is 38.8. The van der Waals surface area contributed by atoms with Crippen LogP contribution in [0.3, 0.4) is 0 Å². The van der Waals surface area contributed by atoms with Crippen LogP contribution in [-0.2, 0) is 39.8 Å². The summed E-state index contributed by atoms with van der Waals surface area (Å²) in [6, 6.07) is 3.57. The van der Waals surface area contributed by atoms with Crippen LogP contribution in [0.5, 0.6) is 17.2 Å². The number of benzene rings is 2. The highest BCUT2D eigenvalue weighted by atomic mass is 16.7. The molecule has 2 aromatic carbocycles. The lowest BCUT2D eigenvalue weighted by atomic mass is 9.71. The Hall–Kier alpha value is -4.66. The third-order valence-electron chi connectivity index (χ3n) is 10.0. The number of carbonyl (C=O) groups excluding carboxylic acids is 6. The maximum absolute atomic E-state index is 14.0. The van der Waals surface area contributed by atoms with Crippen LogP contribution in [0.25, 0.3) is 0 Å². The van der Waals surface area contributed by atoms with Gasteiger partial charge in [-0.3, -0.25) is 28.8 Å². The first-order valence-electron chi connectivity index (χ1n) is 18.1. The van der Waals surface area contributed by atoms with E-state index in [0.29, 0.717) is 19.3 Å². The molecule has 286 valence electrons. The number of nitrogens with one attached hydrogen (secondary N) is 1. The second-order valence-electron chi connectivity index (χ2n) is 13.9. The lowest BCUT2D eigenvalue weighted by molar-refractivity contribution is -0.253. The van der Waals surface area contributed by atoms with Gasteiger partial charge in [0.25, 0.3) is 0 Å². The van der Waals surface area contributed by atoms with Crippen LogP contribution in [0.15, 0.2) is 18.2 Å². The lowest BCUT2D eigenvalue weighted by Gasteiger charge is -2.43. The molecule has 1 aliphatic heterocycles. The van der Waals surface area contributed by atoms with E-state index in [0.717, 1.165) is 0 Å². The summed E-state index contributed by atoms with van der Waals surface area (Å²) in [4.78, 5) is 79.4. The van der Waals surface area contributed by atoms with Crippen molar-refractivity contribution >= 4 is 35.0 Å². The second kappa shape index (κ2) is 16.1. The number of rotatable bonds is 14. The minimum absolute atomic E-state index is 0.0718. The Morgan fingerprint density at radius 3 is 2.28 bits per heavy atom. The van der Waals surface area contributed by atoms with E-state index in [1.165, 1.54) is 25.3 Å². The van der Waals surface area contributed by atoms with Gasteiger partial charge in [-0.2, -0.15) is 0 Å². The fourth-order valence-electron chi connectivity index (χ4n) is 7.51. The van der Waals surface area contributed by atoms with Crippen molar-refractivity contribution in [3.8, 4) is 17.2 Å². The van der Waals surface area contributed by atoms with Crippen molar-refractivity contribution in [2.24, 2.45) is 0 Å². The van der Waals surface area contributed by atoms with Gasteiger partial charge < -0.3 is 39.6 Å². The summed E-state index contributed by atoms with van der Waals surface area (Å²) in [5, 5.41) is 38.5. The van der Waals surface area contributed by atoms with Crippen LogP contribution in [0.4, 0.5) is 0 Å². The molecular formula is C39H47NO13. The number of ether oxygens (including phenoxy) is 4. The first-order valence-corrected chi connectivity index (χ1v) is 18.1. The number of methoxy groups -OCH3 is 1. The second-order valence-corrected chi connectivity index (χ2v) is 13.9. The standard InChI is InChI=1S/C39H47NO13/c1-6-10-20(41)15-26(42)39(49)17-22-31(37(48)33-32(35(22)46)34(45)21-13-9-14-24(50-5)30(21)36(33)47)25(18-39)52-29-16-23(40-27(43)11-7-2)38(19(4)51-29)53-28(44)12-8-3/h9,13-14,19,23,25,29,38,46,48-49H,6-8,10-12,15-18H2,1-5H3,(H,40,43)/t19-,23-,25-,29+,38-,39-/m0/s1. The van der Waals surface area contributed by atoms with Crippen LogP contribution < -0.4 is 10.1 Å².